The number of aromatic nitrogens is 2. The van der Waals surface area contributed by atoms with E-state index in [1.165, 1.54) is 6.07 Å². The van der Waals surface area contributed by atoms with Crippen LogP contribution < -0.4 is 9.80 Å². The van der Waals surface area contributed by atoms with Gasteiger partial charge >= 0.3 is 5.69 Å². The van der Waals surface area contributed by atoms with Crippen molar-refractivity contribution < 1.29 is 9.34 Å². The highest BCUT2D eigenvalue weighted by Gasteiger charge is 2.27. The predicted octanol–water partition coefficient (Wildman–Crippen LogP) is 2.77. The van der Waals surface area contributed by atoms with E-state index in [4.69, 9.17) is 4.42 Å². The van der Waals surface area contributed by atoms with Crippen LogP contribution in [0.5, 0.6) is 0 Å². The van der Waals surface area contributed by atoms with Crippen LogP contribution in [0.3, 0.4) is 0 Å². The molecule has 8 heteroatoms. The van der Waals surface area contributed by atoms with Crippen LogP contribution >= 0.6 is 0 Å². The summed E-state index contributed by atoms with van der Waals surface area (Å²) >= 11 is 0. The molecule has 0 radical (unpaired) electrons. The SMILES string of the molecule is Cc1ccc([N+](=O)[O-])c(N2CCN(c3nc4ccccc4o3)CC2)n1. The fourth-order valence-corrected chi connectivity index (χ4v) is 3.02. The number of para-hydroxylation sites is 2. The van der Waals surface area contributed by atoms with Gasteiger partial charge in [0.1, 0.15) is 5.52 Å². The summed E-state index contributed by atoms with van der Waals surface area (Å²) in [7, 11) is 0. The third-order valence-electron chi connectivity index (χ3n) is 4.32. The molecule has 0 N–H and O–H groups in total. The molecule has 0 bridgehead atoms. The van der Waals surface area contributed by atoms with E-state index in [1.54, 1.807) is 6.07 Å². The Morgan fingerprint density at radius 3 is 2.48 bits per heavy atom. The lowest BCUT2D eigenvalue weighted by molar-refractivity contribution is -0.384. The number of nitro groups is 1. The predicted molar refractivity (Wildman–Crippen MR) is 94.1 cm³/mol. The van der Waals surface area contributed by atoms with Crippen molar-refractivity contribution in [2.75, 3.05) is 36.0 Å². The number of nitrogens with zero attached hydrogens (tertiary/aromatic N) is 5. The zero-order valence-electron chi connectivity index (χ0n) is 13.8. The molecule has 0 amide bonds. The number of benzene rings is 1. The Hall–Kier alpha value is -3.16. The van der Waals surface area contributed by atoms with Gasteiger partial charge < -0.3 is 14.2 Å². The summed E-state index contributed by atoms with van der Waals surface area (Å²) in [5.74, 6) is 0.433. The minimum atomic E-state index is -0.380. The maximum Gasteiger partial charge on any atom is 0.311 e. The lowest BCUT2D eigenvalue weighted by Crippen LogP contribution is -2.47. The van der Waals surface area contributed by atoms with E-state index in [9.17, 15) is 10.1 Å². The first-order chi connectivity index (χ1) is 12.1. The van der Waals surface area contributed by atoms with Crippen molar-refractivity contribution >= 4 is 28.6 Å². The summed E-state index contributed by atoms with van der Waals surface area (Å²) < 4.78 is 5.80. The first-order valence-electron chi connectivity index (χ1n) is 8.09. The van der Waals surface area contributed by atoms with Crippen molar-refractivity contribution in [2.45, 2.75) is 6.92 Å². The number of hydrogen-bond acceptors (Lipinski definition) is 7. The van der Waals surface area contributed by atoms with Gasteiger partial charge in [0.2, 0.25) is 5.82 Å². The summed E-state index contributed by atoms with van der Waals surface area (Å²) in [6.07, 6.45) is 0. The van der Waals surface area contributed by atoms with Crippen LogP contribution in [0.1, 0.15) is 5.69 Å². The zero-order chi connectivity index (χ0) is 17.4. The van der Waals surface area contributed by atoms with Gasteiger partial charge in [-0.1, -0.05) is 12.1 Å². The van der Waals surface area contributed by atoms with Crippen molar-refractivity contribution in [1.29, 1.82) is 0 Å². The fourth-order valence-electron chi connectivity index (χ4n) is 3.02. The van der Waals surface area contributed by atoms with Crippen LogP contribution in [0.25, 0.3) is 11.1 Å². The molecule has 1 aliphatic heterocycles. The van der Waals surface area contributed by atoms with Gasteiger partial charge in [-0.15, -0.1) is 0 Å². The fraction of sp³-hybridized carbons (Fsp3) is 0.294. The molecule has 0 spiro atoms. The molecule has 2 aromatic heterocycles. The van der Waals surface area contributed by atoms with E-state index >= 15 is 0 Å². The van der Waals surface area contributed by atoms with E-state index in [-0.39, 0.29) is 10.6 Å². The molecule has 4 rings (SSSR count). The molecule has 3 heterocycles. The number of hydrogen-bond donors (Lipinski definition) is 0. The number of anilines is 2. The largest absolute Gasteiger partial charge is 0.423 e. The van der Waals surface area contributed by atoms with E-state index in [2.05, 4.69) is 14.9 Å². The van der Waals surface area contributed by atoms with Crippen molar-refractivity contribution in [3.8, 4) is 0 Å². The zero-order valence-corrected chi connectivity index (χ0v) is 13.8. The molecule has 3 aromatic rings. The number of pyridine rings is 1. The maximum absolute atomic E-state index is 11.3. The first kappa shape index (κ1) is 15.4. The molecular weight excluding hydrogens is 322 g/mol. The van der Waals surface area contributed by atoms with Gasteiger partial charge in [-0.05, 0) is 25.1 Å². The Morgan fingerprint density at radius 1 is 1.04 bits per heavy atom. The number of piperazine rings is 1. The summed E-state index contributed by atoms with van der Waals surface area (Å²) in [6, 6.07) is 11.4. The van der Waals surface area contributed by atoms with Gasteiger partial charge in [-0.3, -0.25) is 10.1 Å². The van der Waals surface area contributed by atoms with Crippen molar-refractivity contribution in [1.82, 2.24) is 9.97 Å². The van der Waals surface area contributed by atoms with Crippen LogP contribution in [-0.4, -0.2) is 41.1 Å². The summed E-state index contributed by atoms with van der Waals surface area (Å²) in [6.45, 7) is 4.41. The molecule has 0 unspecified atom stereocenters. The Morgan fingerprint density at radius 2 is 1.76 bits per heavy atom. The summed E-state index contributed by atoms with van der Waals surface area (Å²) in [5, 5.41) is 11.3. The molecule has 0 atom stereocenters. The Labute approximate surface area is 143 Å². The minimum absolute atomic E-state index is 0.0425. The molecule has 1 fully saturated rings. The van der Waals surface area contributed by atoms with E-state index in [1.807, 2.05) is 36.1 Å². The number of fused-ring (bicyclic) bond motifs is 1. The van der Waals surface area contributed by atoms with Crippen molar-refractivity contribution in [3.63, 3.8) is 0 Å². The minimum Gasteiger partial charge on any atom is -0.423 e. The quantitative estimate of drug-likeness (QED) is 0.535. The second-order valence-corrected chi connectivity index (χ2v) is 5.99. The molecule has 1 saturated heterocycles. The van der Waals surface area contributed by atoms with Crippen molar-refractivity contribution in [3.05, 3.63) is 52.2 Å². The van der Waals surface area contributed by atoms with Crippen LogP contribution in [0.4, 0.5) is 17.5 Å². The highest BCUT2D eigenvalue weighted by molar-refractivity contribution is 5.74. The third kappa shape index (κ3) is 2.86. The van der Waals surface area contributed by atoms with Crippen LogP contribution in [0.2, 0.25) is 0 Å². The summed E-state index contributed by atoms with van der Waals surface area (Å²) in [4.78, 5) is 23.8. The highest BCUT2D eigenvalue weighted by atomic mass is 16.6. The molecule has 1 aliphatic rings. The smallest absolute Gasteiger partial charge is 0.311 e. The lowest BCUT2D eigenvalue weighted by atomic mass is 10.2. The van der Waals surface area contributed by atoms with Gasteiger partial charge in [0.05, 0.1) is 4.92 Å². The Balaban J connectivity index is 1.53. The topological polar surface area (TPSA) is 88.5 Å². The molecule has 128 valence electrons. The van der Waals surface area contributed by atoms with Gasteiger partial charge in [0.25, 0.3) is 6.01 Å². The lowest BCUT2D eigenvalue weighted by Gasteiger charge is -2.34. The van der Waals surface area contributed by atoms with Gasteiger partial charge in [0.15, 0.2) is 5.58 Å². The molecule has 25 heavy (non-hydrogen) atoms. The van der Waals surface area contributed by atoms with E-state index in [0.717, 1.165) is 16.8 Å². The van der Waals surface area contributed by atoms with Gasteiger partial charge in [0, 0.05) is 37.9 Å². The van der Waals surface area contributed by atoms with Gasteiger partial charge in [-0.2, -0.15) is 4.98 Å². The Bertz CT molecular complexity index is 898. The maximum atomic E-state index is 11.3. The molecule has 1 aromatic carbocycles. The number of aryl methyl sites for hydroxylation is 1. The molecule has 8 nitrogen and oxygen atoms in total. The second-order valence-electron chi connectivity index (χ2n) is 5.99. The Kier molecular flexibility index (Phi) is 3.72. The normalized spacial score (nSPS) is 14.9. The first-order valence-corrected chi connectivity index (χ1v) is 8.09. The molecule has 0 saturated carbocycles. The highest BCUT2D eigenvalue weighted by Crippen LogP contribution is 2.28. The molecule has 0 aliphatic carbocycles. The van der Waals surface area contributed by atoms with E-state index in [0.29, 0.717) is 38.0 Å². The van der Waals surface area contributed by atoms with Crippen molar-refractivity contribution in [2.24, 2.45) is 0 Å². The standard InChI is InChI=1S/C17H17N5O3/c1-12-6-7-14(22(23)24)16(18-12)20-8-10-21(11-9-20)17-19-13-4-2-3-5-15(13)25-17/h2-7H,8-11H2,1H3. The monoisotopic (exact) mass is 339 g/mol. The summed E-state index contributed by atoms with van der Waals surface area (Å²) in [5.41, 5.74) is 2.40. The van der Waals surface area contributed by atoms with Crippen LogP contribution in [-0.2, 0) is 0 Å². The van der Waals surface area contributed by atoms with E-state index < -0.39 is 0 Å². The van der Waals surface area contributed by atoms with Crippen LogP contribution in [0.15, 0.2) is 40.8 Å². The van der Waals surface area contributed by atoms with Crippen LogP contribution in [0, 0.1) is 17.0 Å². The third-order valence-corrected chi connectivity index (χ3v) is 4.32. The number of rotatable bonds is 3. The second kappa shape index (κ2) is 6.04. The average Bonchev–Trinajstić information content (AvgIpc) is 3.05. The van der Waals surface area contributed by atoms with Gasteiger partial charge in [-0.25, -0.2) is 4.98 Å². The average molecular weight is 339 g/mol. The number of oxazole rings is 1. The molecular formula is C17H17N5O3.